The quantitative estimate of drug-likeness (QED) is 0.775. The Labute approximate surface area is 125 Å². The highest BCUT2D eigenvalue weighted by Gasteiger charge is 2.11. The first kappa shape index (κ1) is 16.8. The molecule has 0 radical (unpaired) electrons. The highest BCUT2D eigenvalue weighted by Crippen LogP contribution is 2.24. The highest BCUT2D eigenvalue weighted by molar-refractivity contribution is 6.31. The number of hydrogen-bond acceptors (Lipinski definition) is 3. The second-order valence-electron chi connectivity index (χ2n) is 4.79. The summed E-state index contributed by atoms with van der Waals surface area (Å²) in [7, 11) is 0. The van der Waals surface area contributed by atoms with Crippen LogP contribution in [0.25, 0.3) is 0 Å². The Morgan fingerprint density at radius 3 is 2.90 bits per heavy atom. The molecule has 1 rings (SSSR count). The predicted molar refractivity (Wildman–Crippen MR) is 82.2 cm³/mol. The van der Waals surface area contributed by atoms with Gasteiger partial charge < -0.3 is 15.8 Å². The van der Waals surface area contributed by atoms with Gasteiger partial charge >= 0.3 is 0 Å². The minimum absolute atomic E-state index is 0.0199. The number of benzene rings is 1. The van der Waals surface area contributed by atoms with E-state index in [1.54, 1.807) is 18.2 Å². The van der Waals surface area contributed by atoms with Gasteiger partial charge in [-0.2, -0.15) is 0 Å². The van der Waals surface area contributed by atoms with Gasteiger partial charge in [0.15, 0.2) is 6.61 Å². The molecule has 5 heteroatoms. The molecule has 0 saturated heterocycles. The smallest absolute Gasteiger partial charge is 0.258 e. The Morgan fingerprint density at radius 2 is 2.25 bits per heavy atom. The molecule has 0 spiro atoms. The molecule has 4 nitrogen and oxygen atoms in total. The molecule has 0 aliphatic carbocycles. The molecule has 1 aromatic carbocycles. The van der Waals surface area contributed by atoms with Crippen LogP contribution in [0.2, 0.25) is 5.02 Å². The second-order valence-corrected chi connectivity index (χ2v) is 5.20. The van der Waals surface area contributed by atoms with Crippen LogP contribution in [0, 0.1) is 6.92 Å². The van der Waals surface area contributed by atoms with E-state index >= 15 is 0 Å². The zero-order chi connectivity index (χ0) is 15.0. The van der Waals surface area contributed by atoms with Crippen LogP contribution in [0.15, 0.2) is 18.2 Å². The lowest BCUT2D eigenvalue weighted by molar-refractivity contribution is -0.123. The summed E-state index contributed by atoms with van der Waals surface area (Å²) in [6.45, 7) is 4.39. The summed E-state index contributed by atoms with van der Waals surface area (Å²) in [5.74, 6) is 0.474. The minimum Gasteiger partial charge on any atom is -0.483 e. The SMILES string of the molecule is CCCCC(CN)NC(=O)COc1cccc(Cl)c1C. The molecular weight excluding hydrogens is 276 g/mol. The Morgan fingerprint density at radius 1 is 1.50 bits per heavy atom. The average molecular weight is 299 g/mol. The molecule has 0 aliphatic rings. The Bertz CT molecular complexity index is 438. The van der Waals surface area contributed by atoms with Gasteiger partial charge in [0, 0.05) is 23.2 Å². The summed E-state index contributed by atoms with van der Waals surface area (Å²) in [4.78, 5) is 11.8. The van der Waals surface area contributed by atoms with Crippen LogP contribution in [0.4, 0.5) is 0 Å². The molecule has 1 unspecified atom stereocenters. The number of nitrogens with one attached hydrogen (secondary N) is 1. The van der Waals surface area contributed by atoms with Crippen LogP contribution < -0.4 is 15.8 Å². The lowest BCUT2D eigenvalue weighted by atomic mass is 10.1. The summed E-state index contributed by atoms with van der Waals surface area (Å²) < 4.78 is 5.49. The minimum atomic E-state index is -0.157. The van der Waals surface area contributed by atoms with Crippen molar-refractivity contribution in [2.24, 2.45) is 5.73 Å². The third-order valence-electron chi connectivity index (χ3n) is 3.13. The van der Waals surface area contributed by atoms with Gasteiger partial charge in [0.1, 0.15) is 5.75 Å². The summed E-state index contributed by atoms with van der Waals surface area (Å²) >= 11 is 6.00. The van der Waals surface area contributed by atoms with Crippen molar-refractivity contribution in [2.45, 2.75) is 39.2 Å². The first-order chi connectivity index (χ1) is 9.58. The zero-order valence-electron chi connectivity index (χ0n) is 12.1. The Hall–Kier alpha value is -1.26. The van der Waals surface area contributed by atoms with Gasteiger partial charge in [0.05, 0.1) is 0 Å². The molecule has 3 N–H and O–H groups in total. The van der Waals surface area contributed by atoms with E-state index in [2.05, 4.69) is 12.2 Å². The van der Waals surface area contributed by atoms with Crippen molar-refractivity contribution >= 4 is 17.5 Å². The number of rotatable bonds is 8. The van der Waals surface area contributed by atoms with Crippen LogP contribution in [0.3, 0.4) is 0 Å². The van der Waals surface area contributed by atoms with Crippen LogP contribution >= 0.6 is 11.6 Å². The van der Waals surface area contributed by atoms with Crippen LogP contribution in [-0.4, -0.2) is 25.1 Å². The maximum absolute atomic E-state index is 11.8. The van der Waals surface area contributed by atoms with Gasteiger partial charge in [-0.05, 0) is 25.5 Å². The zero-order valence-corrected chi connectivity index (χ0v) is 12.9. The lowest BCUT2D eigenvalue weighted by Crippen LogP contribution is -2.42. The predicted octanol–water partition coefficient (Wildman–Crippen LogP) is 2.66. The van der Waals surface area contributed by atoms with Crippen LogP contribution in [-0.2, 0) is 4.79 Å². The van der Waals surface area contributed by atoms with E-state index in [4.69, 9.17) is 22.1 Å². The summed E-state index contributed by atoms with van der Waals surface area (Å²) in [5.41, 5.74) is 6.48. The molecule has 0 heterocycles. The first-order valence-electron chi connectivity index (χ1n) is 6.95. The van der Waals surface area contributed by atoms with E-state index in [9.17, 15) is 4.79 Å². The fraction of sp³-hybridized carbons (Fsp3) is 0.533. The van der Waals surface area contributed by atoms with E-state index < -0.39 is 0 Å². The monoisotopic (exact) mass is 298 g/mol. The normalized spacial score (nSPS) is 12.0. The second kappa shape index (κ2) is 8.82. The number of hydrogen-bond donors (Lipinski definition) is 2. The van der Waals surface area contributed by atoms with Crippen molar-refractivity contribution in [3.05, 3.63) is 28.8 Å². The lowest BCUT2D eigenvalue weighted by Gasteiger charge is -2.17. The van der Waals surface area contributed by atoms with Crippen molar-refractivity contribution in [3.8, 4) is 5.75 Å². The van der Waals surface area contributed by atoms with Crippen LogP contribution in [0.1, 0.15) is 31.7 Å². The van der Waals surface area contributed by atoms with E-state index in [-0.39, 0.29) is 18.6 Å². The molecular formula is C15H23ClN2O2. The standard InChI is InChI=1S/C15H23ClN2O2/c1-3-4-6-12(9-17)18-15(19)10-20-14-8-5-7-13(16)11(14)2/h5,7-8,12H,3-4,6,9-10,17H2,1-2H3,(H,18,19). The molecule has 1 atom stereocenters. The Balaban J connectivity index is 2.44. The molecule has 0 saturated carbocycles. The van der Waals surface area contributed by atoms with Gasteiger partial charge in [-0.1, -0.05) is 37.4 Å². The molecule has 0 aromatic heterocycles. The number of carbonyl (C=O) groups is 1. The third-order valence-corrected chi connectivity index (χ3v) is 3.54. The largest absolute Gasteiger partial charge is 0.483 e. The number of ether oxygens (including phenoxy) is 1. The number of amides is 1. The Kier molecular flexibility index (Phi) is 7.41. The average Bonchev–Trinajstić information content (AvgIpc) is 2.45. The molecule has 112 valence electrons. The highest BCUT2D eigenvalue weighted by atomic mass is 35.5. The van der Waals surface area contributed by atoms with Gasteiger partial charge in [0.2, 0.25) is 0 Å². The number of halogens is 1. The van der Waals surface area contributed by atoms with Crippen molar-refractivity contribution in [2.75, 3.05) is 13.2 Å². The summed E-state index contributed by atoms with van der Waals surface area (Å²) in [6, 6.07) is 5.41. The molecule has 0 bridgehead atoms. The molecule has 0 aliphatic heterocycles. The maximum Gasteiger partial charge on any atom is 0.258 e. The van der Waals surface area contributed by atoms with Crippen molar-refractivity contribution in [1.29, 1.82) is 0 Å². The molecule has 0 fully saturated rings. The van der Waals surface area contributed by atoms with Gasteiger partial charge in [-0.3, -0.25) is 4.79 Å². The van der Waals surface area contributed by atoms with E-state index in [1.165, 1.54) is 0 Å². The fourth-order valence-electron chi connectivity index (χ4n) is 1.86. The topological polar surface area (TPSA) is 64.3 Å². The number of carbonyl (C=O) groups excluding carboxylic acids is 1. The first-order valence-corrected chi connectivity index (χ1v) is 7.33. The third kappa shape index (κ3) is 5.39. The summed E-state index contributed by atoms with van der Waals surface area (Å²) in [6.07, 6.45) is 3.04. The van der Waals surface area contributed by atoms with Gasteiger partial charge in [0.25, 0.3) is 5.91 Å². The summed E-state index contributed by atoms with van der Waals surface area (Å²) in [5, 5.41) is 3.51. The van der Waals surface area contributed by atoms with Gasteiger partial charge in [-0.25, -0.2) is 0 Å². The van der Waals surface area contributed by atoms with Crippen molar-refractivity contribution in [3.63, 3.8) is 0 Å². The fourth-order valence-corrected chi connectivity index (χ4v) is 2.02. The number of unbranched alkanes of at least 4 members (excludes halogenated alkanes) is 1. The molecule has 20 heavy (non-hydrogen) atoms. The maximum atomic E-state index is 11.8. The number of nitrogens with two attached hydrogens (primary N) is 1. The van der Waals surface area contributed by atoms with Crippen molar-refractivity contribution in [1.82, 2.24) is 5.32 Å². The van der Waals surface area contributed by atoms with Crippen molar-refractivity contribution < 1.29 is 9.53 Å². The van der Waals surface area contributed by atoms with Crippen LogP contribution in [0.5, 0.6) is 5.75 Å². The van der Waals surface area contributed by atoms with E-state index in [0.717, 1.165) is 24.8 Å². The molecule has 1 amide bonds. The van der Waals surface area contributed by atoms with E-state index in [0.29, 0.717) is 17.3 Å². The van der Waals surface area contributed by atoms with Gasteiger partial charge in [-0.15, -0.1) is 0 Å². The molecule has 1 aromatic rings. The van der Waals surface area contributed by atoms with E-state index in [1.807, 2.05) is 6.92 Å².